The smallest absolute Gasteiger partial charge is 0.335 e. The van der Waals surface area contributed by atoms with E-state index in [-0.39, 0.29) is 0 Å². The fourth-order valence-electron chi connectivity index (χ4n) is 1.85. The SMILES string of the molecule is O=C(O)c1cccc(CSCCCOc2ccccc2)c1. The molecule has 0 unspecified atom stereocenters. The number of benzene rings is 2. The molecule has 0 heterocycles. The summed E-state index contributed by atoms with van der Waals surface area (Å²) in [6.45, 7) is 0.701. The number of carbonyl (C=O) groups is 1. The molecule has 0 aliphatic rings. The lowest BCUT2D eigenvalue weighted by atomic mass is 10.1. The molecule has 110 valence electrons. The van der Waals surface area contributed by atoms with Crippen molar-refractivity contribution < 1.29 is 14.6 Å². The number of rotatable bonds is 8. The molecule has 0 bridgehead atoms. The fourth-order valence-corrected chi connectivity index (χ4v) is 2.73. The first-order chi connectivity index (χ1) is 10.3. The number of hydrogen-bond donors (Lipinski definition) is 1. The Kier molecular flexibility index (Phi) is 6.16. The van der Waals surface area contributed by atoms with Crippen molar-refractivity contribution in [2.24, 2.45) is 0 Å². The summed E-state index contributed by atoms with van der Waals surface area (Å²) in [7, 11) is 0. The molecule has 4 heteroatoms. The minimum atomic E-state index is -0.877. The summed E-state index contributed by atoms with van der Waals surface area (Å²) in [5.41, 5.74) is 1.39. The van der Waals surface area contributed by atoms with Crippen LogP contribution in [0.25, 0.3) is 0 Å². The van der Waals surface area contributed by atoms with Gasteiger partial charge in [0.15, 0.2) is 0 Å². The second kappa shape index (κ2) is 8.37. The number of carboxylic acid groups (broad SMARTS) is 1. The molecule has 0 radical (unpaired) electrons. The van der Waals surface area contributed by atoms with Crippen LogP contribution < -0.4 is 4.74 Å². The summed E-state index contributed by atoms with van der Waals surface area (Å²) in [5, 5.41) is 8.94. The third kappa shape index (κ3) is 5.52. The highest BCUT2D eigenvalue weighted by Crippen LogP contribution is 2.15. The first kappa shape index (κ1) is 15.4. The molecule has 0 spiro atoms. The average Bonchev–Trinajstić information content (AvgIpc) is 2.52. The molecule has 0 aliphatic heterocycles. The van der Waals surface area contributed by atoms with Gasteiger partial charge >= 0.3 is 5.97 Å². The van der Waals surface area contributed by atoms with Gasteiger partial charge in [0.05, 0.1) is 12.2 Å². The van der Waals surface area contributed by atoms with Crippen LogP contribution in [-0.4, -0.2) is 23.4 Å². The van der Waals surface area contributed by atoms with Crippen LogP contribution in [0.15, 0.2) is 54.6 Å². The summed E-state index contributed by atoms with van der Waals surface area (Å²) in [6, 6.07) is 16.9. The molecule has 0 aliphatic carbocycles. The molecular weight excluding hydrogens is 284 g/mol. The maximum Gasteiger partial charge on any atom is 0.335 e. The lowest BCUT2D eigenvalue weighted by Gasteiger charge is -2.06. The average molecular weight is 302 g/mol. The van der Waals surface area contributed by atoms with Crippen molar-refractivity contribution >= 4 is 17.7 Å². The van der Waals surface area contributed by atoms with E-state index in [0.717, 1.165) is 29.2 Å². The molecule has 0 amide bonds. The minimum Gasteiger partial charge on any atom is -0.494 e. The molecule has 1 N–H and O–H groups in total. The topological polar surface area (TPSA) is 46.5 Å². The van der Waals surface area contributed by atoms with E-state index in [9.17, 15) is 4.79 Å². The van der Waals surface area contributed by atoms with E-state index in [1.165, 1.54) is 0 Å². The summed E-state index contributed by atoms with van der Waals surface area (Å²) in [6.07, 6.45) is 0.970. The van der Waals surface area contributed by atoms with E-state index in [2.05, 4.69) is 0 Å². The van der Waals surface area contributed by atoms with Gasteiger partial charge in [-0.05, 0) is 42.0 Å². The van der Waals surface area contributed by atoms with Crippen LogP contribution in [0.2, 0.25) is 0 Å². The zero-order valence-electron chi connectivity index (χ0n) is 11.7. The second-order valence-corrected chi connectivity index (χ2v) is 5.68. The number of ether oxygens (including phenoxy) is 1. The molecule has 21 heavy (non-hydrogen) atoms. The molecule has 0 aromatic heterocycles. The quantitative estimate of drug-likeness (QED) is 0.746. The molecule has 0 saturated heterocycles. The van der Waals surface area contributed by atoms with Gasteiger partial charge in [0.2, 0.25) is 0 Å². The van der Waals surface area contributed by atoms with Gasteiger partial charge in [0.25, 0.3) is 0 Å². The van der Waals surface area contributed by atoms with Crippen molar-refractivity contribution in [3.63, 3.8) is 0 Å². The van der Waals surface area contributed by atoms with Crippen molar-refractivity contribution in [3.8, 4) is 5.75 Å². The maximum absolute atomic E-state index is 10.9. The monoisotopic (exact) mass is 302 g/mol. The third-order valence-corrected chi connectivity index (χ3v) is 4.00. The fraction of sp³-hybridized carbons (Fsp3) is 0.235. The summed E-state index contributed by atoms with van der Waals surface area (Å²) >= 11 is 1.79. The van der Waals surface area contributed by atoms with Crippen LogP contribution in [0.5, 0.6) is 5.75 Å². The van der Waals surface area contributed by atoms with Crippen LogP contribution in [0.3, 0.4) is 0 Å². The van der Waals surface area contributed by atoms with Crippen LogP contribution in [0.1, 0.15) is 22.3 Å². The molecular formula is C17H18O3S. The van der Waals surface area contributed by atoms with Gasteiger partial charge < -0.3 is 9.84 Å². The second-order valence-electron chi connectivity index (χ2n) is 4.57. The molecule has 0 fully saturated rings. The van der Waals surface area contributed by atoms with Crippen molar-refractivity contribution in [2.45, 2.75) is 12.2 Å². The van der Waals surface area contributed by atoms with Gasteiger partial charge in [-0.25, -0.2) is 4.79 Å². The van der Waals surface area contributed by atoms with Crippen LogP contribution in [0.4, 0.5) is 0 Å². The summed E-state index contributed by atoms with van der Waals surface area (Å²) < 4.78 is 5.62. The Bertz CT molecular complexity index is 569. The van der Waals surface area contributed by atoms with Crippen molar-refractivity contribution in [2.75, 3.05) is 12.4 Å². The number of carboxylic acids is 1. The van der Waals surface area contributed by atoms with Gasteiger partial charge in [-0.3, -0.25) is 0 Å². The zero-order chi connectivity index (χ0) is 14.9. The third-order valence-electron chi connectivity index (χ3n) is 2.89. The lowest BCUT2D eigenvalue weighted by Crippen LogP contribution is -1.99. The first-order valence-electron chi connectivity index (χ1n) is 6.83. The Morgan fingerprint density at radius 1 is 1.10 bits per heavy atom. The van der Waals surface area contributed by atoms with Gasteiger partial charge in [0, 0.05) is 5.75 Å². The van der Waals surface area contributed by atoms with E-state index < -0.39 is 5.97 Å². The van der Waals surface area contributed by atoms with E-state index in [0.29, 0.717) is 12.2 Å². The van der Waals surface area contributed by atoms with E-state index in [1.54, 1.807) is 30.0 Å². The maximum atomic E-state index is 10.9. The Balaban J connectivity index is 1.64. The largest absolute Gasteiger partial charge is 0.494 e. The molecule has 0 atom stereocenters. The number of hydrogen-bond acceptors (Lipinski definition) is 3. The standard InChI is InChI=1S/C17H18O3S/c18-17(19)15-7-4-6-14(12-15)13-21-11-5-10-20-16-8-2-1-3-9-16/h1-4,6-9,12H,5,10-11,13H2,(H,18,19). The normalized spacial score (nSPS) is 10.3. The number of aromatic carboxylic acids is 1. The van der Waals surface area contributed by atoms with E-state index >= 15 is 0 Å². The molecule has 2 aromatic carbocycles. The molecule has 0 saturated carbocycles. The highest BCUT2D eigenvalue weighted by Gasteiger charge is 2.03. The Morgan fingerprint density at radius 2 is 1.90 bits per heavy atom. The van der Waals surface area contributed by atoms with Crippen LogP contribution in [-0.2, 0) is 5.75 Å². The molecule has 2 rings (SSSR count). The van der Waals surface area contributed by atoms with Crippen LogP contribution in [0, 0.1) is 0 Å². The van der Waals surface area contributed by atoms with Gasteiger partial charge in [0.1, 0.15) is 5.75 Å². The van der Waals surface area contributed by atoms with Gasteiger partial charge in [-0.1, -0.05) is 30.3 Å². The zero-order valence-corrected chi connectivity index (χ0v) is 12.5. The van der Waals surface area contributed by atoms with Crippen LogP contribution >= 0.6 is 11.8 Å². The Hall–Kier alpha value is -1.94. The molecule has 3 nitrogen and oxygen atoms in total. The predicted octanol–water partition coefficient (Wildman–Crippen LogP) is 4.09. The lowest BCUT2D eigenvalue weighted by molar-refractivity contribution is 0.0697. The first-order valence-corrected chi connectivity index (χ1v) is 7.99. The number of para-hydroxylation sites is 1. The highest BCUT2D eigenvalue weighted by molar-refractivity contribution is 7.98. The Labute approximate surface area is 129 Å². The van der Waals surface area contributed by atoms with Crippen molar-refractivity contribution in [3.05, 3.63) is 65.7 Å². The number of thioether (sulfide) groups is 1. The van der Waals surface area contributed by atoms with Gasteiger partial charge in [-0.2, -0.15) is 11.8 Å². The summed E-state index contributed by atoms with van der Waals surface area (Å²) in [5.74, 6) is 1.84. The highest BCUT2D eigenvalue weighted by atomic mass is 32.2. The van der Waals surface area contributed by atoms with Gasteiger partial charge in [-0.15, -0.1) is 0 Å². The predicted molar refractivity (Wildman–Crippen MR) is 86.1 cm³/mol. The molecule has 2 aromatic rings. The summed E-state index contributed by atoms with van der Waals surface area (Å²) in [4.78, 5) is 10.9. The Morgan fingerprint density at radius 3 is 2.67 bits per heavy atom. The van der Waals surface area contributed by atoms with E-state index in [1.807, 2.05) is 36.4 Å². The van der Waals surface area contributed by atoms with Crippen molar-refractivity contribution in [1.29, 1.82) is 0 Å². The van der Waals surface area contributed by atoms with Crippen molar-refractivity contribution in [1.82, 2.24) is 0 Å². The minimum absolute atomic E-state index is 0.348. The van der Waals surface area contributed by atoms with E-state index in [4.69, 9.17) is 9.84 Å².